The van der Waals surface area contributed by atoms with Gasteiger partial charge < -0.3 is 10.5 Å². The van der Waals surface area contributed by atoms with Crippen molar-refractivity contribution in [2.75, 3.05) is 6.61 Å². The highest BCUT2D eigenvalue weighted by Crippen LogP contribution is 2.09. The number of hydrogen-bond donors (Lipinski definition) is 1. The SMILES string of the molecule is NCc1ccnc(OC/C=C/c2ccccc2)c1. The van der Waals surface area contributed by atoms with E-state index in [1.165, 1.54) is 0 Å². The maximum Gasteiger partial charge on any atom is 0.213 e. The molecule has 1 aromatic carbocycles. The van der Waals surface area contributed by atoms with Crippen molar-refractivity contribution in [3.8, 4) is 5.88 Å². The van der Waals surface area contributed by atoms with Gasteiger partial charge in [-0.05, 0) is 23.3 Å². The smallest absolute Gasteiger partial charge is 0.213 e. The summed E-state index contributed by atoms with van der Waals surface area (Å²) in [6.45, 7) is 0.995. The lowest BCUT2D eigenvalue weighted by atomic mass is 10.2. The fourth-order valence-corrected chi connectivity index (χ4v) is 1.54. The normalized spacial score (nSPS) is 10.7. The third-order valence-corrected chi connectivity index (χ3v) is 2.47. The molecular weight excluding hydrogens is 224 g/mol. The maximum atomic E-state index is 5.55. The van der Waals surface area contributed by atoms with Crippen molar-refractivity contribution in [2.45, 2.75) is 6.54 Å². The molecule has 0 unspecified atom stereocenters. The largest absolute Gasteiger partial charge is 0.473 e. The molecule has 0 saturated carbocycles. The van der Waals surface area contributed by atoms with Crippen molar-refractivity contribution >= 4 is 6.08 Å². The van der Waals surface area contributed by atoms with Crippen LogP contribution >= 0.6 is 0 Å². The molecule has 2 aromatic rings. The first-order valence-electron chi connectivity index (χ1n) is 5.88. The molecule has 0 aliphatic heterocycles. The van der Waals surface area contributed by atoms with Gasteiger partial charge in [-0.15, -0.1) is 0 Å². The van der Waals surface area contributed by atoms with Crippen molar-refractivity contribution in [3.05, 3.63) is 65.9 Å². The second-order valence-corrected chi connectivity index (χ2v) is 3.83. The third kappa shape index (κ3) is 3.71. The molecule has 1 heterocycles. The van der Waals surface area contributed by atoms with E-state index in [0.717, 1.165) is 11.1 Å². The monoisotopic (exact) mass is 240 g/mol. The van der Waals surface area contributed by atoms with Gasteiger partial charge >= 0.3 is 0 Å². The second-order valence-electron chi connectivity index (χ2n) is 3.83. The van der Waals surface area contributed by atoms with Gasteiger partial charge in [0.2, 0.25) is 5.88 Å². The average molecular weight is 240 g/mol. The first-order chi connectivity index (χ1) is 8.88. The summed E-state index contributed by atoms with van der Waals surface area (Å²) in [6, 6.07) is 13.8. The van der Waals surface area contributed by atoms with Gasteiger partial charge in [0.15, 0.2) is 0 Å². The van der Waals surface area contributed by atoms with Crippen LogP contribution in [0.15, 0.2) is 54.7 Å². The molecule has 1 aromatic heterocycles. The van der Waals surface area contributed by atoms with Crippen LogP contribution in [0.3, 0.4) is 0 Å². The van der Waals surface area contributed by atoms with Gasteiger partial charge in [-0.2, -0.15) is 0 Å². The Kier molecular flexibility index (Phi) is 4.50. The Hall–Kier alpha value is -2.13. The van der Waals surface area contributed by atoms with E-state index >= 15 is 0 Å². The summed E-state index contributed by atoms with van der Waals surface area (Å²) < 4.78 is 5.52. The van der Waals surface area contributed by atoms with E-state index in [4.69, 9.17) is 10.5 Å². The van der Waals surface area contributed by atoms with Crippen molar-refractivity contribution < 1.29 is 4.74 Å². The van der Waals surface area contributed by atoms with Crippen molar-refractivity contribution in [1.82, 2.24) is 4.98 Å². The zero-order valence-electron chi connectivity index (χ0n) is 10.1. The number of hydrogen-bond acceptors (Lipinski definition) is 3. The summed E-state index contributed by atoms with van der Waals surface area (Å²) >= 11 is 0. The molecular formula is C15H16N2O. The molecule has 0 spiro atoms. The quantitative estimate of drug-likeness (QED) is 0.874. The maximum absolute atomic E-state index is 5.55. The van der Waals surface area contributed by atoms with Crippen molar-refractivity contribution in [3.63, 3.8) is 0 Å². The summed E-state index contributed by atoms with van der Waals surface area (Å²) in [4.78, 5) is 4.12. The number of aromatic nitrogens is 1. The fourth-order valence-electron chi connectivity index (χ4n) is 1.54. The van der Waals surface area contributed by atoms with Crippen LogP contribution in [0.25, 0.3) is 6.08 Å². The van der Waals surface area contributed by atoms with Gasteiger partial charge in [0.25, 0.3) is 0 Å². The molecule has 3 nitrogen and oxygen atoms in total. The number of rotatable bonds is 5. The first-order valence-corrected chi connectivity index (χ1v) is 5.88. The Bertz CT molecular complexity index is 509. The summed E-state index contributed by atoms with van der Waals surface area (Å²) in [5.74, 6) is 0.607. The Morgan fingerprint density at radius 1 is 1.17 bits per heavy atom. The van der Waals surface area contributed by atoms with Crippen LogP contribution in [0, 0.1) is 0 Å². The summed E-state index contributed by atoms with van der Waals surface area (Å²) in [5.41, 5.74) is 7.73. The van der Waals surface area contributed by atoms with E-state index in [0.29, 0.717) is 19.0 Å². The molecule has 92 valence electrons. The molecule has 2 N–H and O–H groups in total. The number of pyridine rings is 1. The van der Waals surface area contributed by atoms with Crippen LogP contribution in [-0.4, -0.2) is 11.6 Å². The lowest BCUT2D eigenvalue weighted by Crippen LogP contribution is -2.00. The fraction of sp³-hybridized carbons (Fsp3) is 0.133. The van der Waals surface area contributed by atoms with Crippen molar-refractivity contribution in [1.29, 1.82) is 0 Å². The summed E-state index contributed by atoms with van der Waals surface area (Å²) in [7, 11) is 0. The molecule has 0 aliphatic rings. The van der Waals surface area contributed by atoms with Crippen LogP contribution in [0.5, 0.6) is 5.88 Å². The molecule has 0 radical (unpaired) electrons. The molecule has 0 aliphatic carbocycles. The van der Waals surface area contributed by atoms with Gasteiger partial charge in [-0.25, -0.2) is 4.98 Å². The highest BCUT2D eigenvalue weighted by molar-refractivity contribution is 5.48. The minimum absolute atomic E-state index is 0.496. The Balaban J connectivity index is 1.86. The van der Waals surface area contributed by atoms with Crippen molar-refractivity contribution in [2.24, 2.45) is 5.73 Å². The van der Waals surface area contributed by atoms with E-state index < -0.39 is 0 Å². The van der Waals surface area contributed by atoms with Crippen LogP contribution < -0.4 is 10.5 Å². The summed E-state index contributed by atoms with van der Waals surface area (Å²) in [6.07, 6.45) is 5.69. The number of nitrogens with zero attached hydrogens (tertiary/aromatic N) is 1. The second kappa shape index (κ2) is 6.57. The molecule has 0 atom stereocenters. The molecule has 3 heteroatoms. The number of nitrogens with two attached hydrogens (primary N) is 1. The van der Waals surface area contributed by atoms with Crippen LogP contribution in [0.1, 0.15) is 11.1 Å². The molecule has 0 bridgehead atoms. The van der Waals surface area contributed by atoms with Gasteiger partial charge in [-0.3, -0.25) is 0 Å². The highest BCUT2D eigenvalue weighted by atomic mass is 16.5. The minimum Gasteiger partial charge on any atom is -0.473 e. The van der Waals surface area contributed by atoms with Crippen LogP contribution in [0.2, 0.25) is 0 Å². The Morgan fingerprint density at radius 2 is 2.00 bits per heavy atom. The number of benzene rings is 1. The van der Waals surface area contributed by atoms with E-state index in [2.05, 4.69) is 4.98 Å². The van der Waals surface area contributed by atoms with Gasteiger partial charge in [0.1, 0.15) is 6.61 Å². The predicted octanol–water partition coefficient (Wildman–Crippen LogP) is 2.63. The van der Waals surface area contributed by atoms with Crippen LogP contribution in [-0.2, 0) is 6.54 Å². The molecule has 0 amide bonds. The van der Waals surface area contributed by atoms with E-state index in [1.807, 2.05) is 54.6 Å². The summed E-state index contributed by atoms with van der Waals surface area (Å²) in [5, 5.41) is 0. The molecule has 0 saturated heterocycles. The average Bonchev–Trinajstić information content (AvgIpc) is 2.45. The minimum atomic E-state index is 0.496. The third-order valence-electron chi connectivity index (χ3n) is 2.47. The molecule has 2 rings (SSSR count). The Morgan fingerprint density at radius 3 is 2.78 bits per heavy atom. The zero-order valence-corrected chi connectivity index (χ0v) is 10.1. The van der Waals surface area contributed by atoms with Crippen LogP contribution in [0.4, 0.5) is 0 Å². The van der Waals surface area contributed by atoms with Gasteiger partial charge in [0, 0.05) is 18.8 Å². The number of ether oxygens (including phenoxy) is 1. The predicted molar refractivity (Wildman–Crippen MR) is 73.1 cm³/mol. The standard InChI is InChI=1S/C15H16N2O/c16-12-14-8-9-17-15(11-14)18-10-4-7-13-5-2-1-3-6-13/h1-9,11H,10,12,16H2/b7-4+. The van der Waals surface area contributed by atoms with Gasteiger partial charge in [-0.1, -0.05) is 36.4 Å². The molecule has 18 heavy (non-hydrogen) atoms. The van der Waals surface area contributed by atoms with E-state index in [9.17, 15) is 0 Å². The lowest BCUT2D eigenvalue weighted by Gasteiger charge is -2.03. The zero-order chi connectivity index (χ0) is 12.6. The topological polar surface area (TPSA) is 48.1 Å². The van der Waals surface area contributed by atoms with Gasteiger partial charge in [0.05, 0.1) is 0 Å². The van der Waals surface area contributed by atoms with E-state index in [1.54, 1.807) is 6.20 Å². The lowest BCUT2D eigenvalue weighted by molar-refractivity contribution is 0.348. The van der Waals surface area contributed by atoms with E-state index in [-0.39, 0.29) is 0 Å². The Labute approximate surface area is 107 Å². The first kappa shape index (κ1) is 12.3. The molecule has 0 fully saturated rings. The highest BCUT2D eigenvalue weighted by Gasteiger charge is 1.95.